The predicted molar refractivity (Wildman–Crippen MR) is 112 cm³/mol. The molecule has 0 amide bonds. The van der Waals surface area contributed by atoms with Crippen LogP contribution in [-0.4, -0.2) is 30.4 Å². The van der Waals surface area contributed by atoms with Crippen molar-refractivity contribution in [2.24, 2.45) is 0 Å². The first-order valence-corrected chi connectivity index (χ1v) is 9.94. The zero-order valence-corrected chi connectivity index (χ0v) is 16.9. The third-order valence-corrected chi connectivity index (χ3v) is 5.03. The predicted octanol–water partition coefficient (Wildman–Crippen LogP) is 5.64. The molecule has 5 heteroatoms. The van der Waals surface area contributed by atoms with Crippen LogP contribution >= 0.6 is 23.2 Å². The molecule has 1 heterocycles. The molecule has 0 saturated carbocycles. The van der Waals surface area contributed by atoms with Gasteiger partial charge in [0.1, 0.15) is 0 Å². The normalized spacial score (nSPS) is 16.7. The molecule has 0 aliphatic carbocycles. The molecule has 1 aliphatic rings. The summed E-state index contributed by atoms with van der Waals surface area (Å²) in [6.07, 6.45) is 3.29. The molecule has 0 bridgehead atoms. The summed E-state index contributed by atoms with van der Waals surface area (Å²) in [5.74, 6) is 0.681. The van der Waals surface area contributed by atoms with Crippen LogP contribution in [0.1, 0.15) is 30.9 Å². The molecule has 2 aromatic carbocycles. The third-order valence-electron chi connectivity index (χ3n) is 4.47. The van der Waals surface area contributed by atoms with E-state index in [1.165, 1.54) is 5.56 Å². The maximum absolute atomic E-state index is 12.4. The van der Waals surface area contributed by atoms with Crippen LogP contribution in [-0.2, 0) is 11.3 Å². The molecule has 142 valence electrons. The molecule has 0 unspecified atom stereocenters. The van der Waals surface area contributed by atoms with Crippen molar-refractivity contribution in [3.05, 3.63) is 69.2 Å². The van der Waals surface area contributed by atoms with E-state index in [4.69, 9.17) is 27.9 Å². The van der Waals surface area contributed by atoms with E-state index in [2.05, 4.69) is 17.0 Å². The van der Waals surface area contributed by atoms with Gasteiger partial charge in [0.15, 0.2) is 11.5 Å². The van der Waals surface area contributed by atoms with Crippen LogP contribution in [0.25, 0.3) is 6.08 Å². The second-order valence-electron chi connectivity index (χ2n) is 6.70. The maximum Gasteiger partial charge on any atom is 0.161 e. The molecule has 0 N–H and O–H groups in total. The standard InChI is InChI=1S/C22H23Cl2NO2/c1-2-10-27-22-19(23)12-17(13-20(22)24)11-18-15-25(9-8-21(18)26)14-16-6-4-3-5-7-16/h3-7,11-13H,2,8-10,14-15H2,1H3/b18-11+. The van der Waals surface area contributed by atoms with Gasteiger partial charge in [0, 0.05) is 31.6 Å². The number of hydrogen-bond acceptors (Lipinski definition) is 3. The van der Waals surface area contributed by atoms with E-state index in [9.17, 15) is 4.79 Å². The second kappa shape index (κ2) is 9.41. The summed E-state index contributed by atoms with van der Waals surface area (Å²) < 4.78 is 5.61. The first-order valence-electron chi connectivity index (χ1n) is 9.18. The molecular weight excluding hydrogens is 381 g/mol. The smallest absolute Gasteiger partial charge is 0.161 e. The van der Waals surface area contributed by atoms with Gasteiger partial charge in [0.25, 0.3) is 0 Å². The number of nitrogens with zero attached hydrogens (tertiary/aromatic N) is 1. The van der Waals surface area contributed by atoms with Crippen LogP contribution in [0, 0.1) is 0 Å². The Balaban J connectivity index is 1.77. The van der Waals surface area contributed by atoms with Crippen molar-refractivity contribution in [1.29, 1.82) is 0 Å². The summed E-state index contributed by atoms with van der Waals surface area (Å²) >= 11 is 12.7. The van der Waals surface area contributed by atoms with Crippen LogP contribution in [0.4, 0.5) is 0 Å². The number of carbonyl (C=O) groups is 1. The van der Waals surface area contributed by atoms with Crippen molar-refractivity contribution in [3.8, 4) is 5.75 Å². The Labute approximate surface area is 170 Å². The average molecular weight is 404 g/mol. The summed E-state index contributed by atoms with van der Waals surface area (Å²) in [6.45, 7) is 4.81. The number of Topliss-reactive ketones (excluding diaryl/α,β-unsaturated/α-hetero) is 1. The monoisotopic (exact) mass is 403 g/mol. The minimum Gasteiger partial charge on any atom is -0.490 e. The third kappa shape index (κ3) is 5.35. The number of hydrogen-bond donors (Lipinski definition) is 0. The van der Waals surface area contributed by atoms with Crippen LogP contribution in [0.3, 0.4) is 0 Å². The van der Waals surface area contributed by atoms with Gasteiger partial charge in [-0.3, -0.25) is 9.69 Å². The summed E-state index contributed by atoms with van der Waals surface area (Å²) in [5, 5.41) is 0.930. The highest BCUT2D eigenvalue weighted by Crippen LogP contribution is 2.35. The number of benzene rings is 2. The number of rotatable bonds is 6. The van der Waals surface area contributed by atoms with E-state index in [1.807, 2.05) is 31.2 Å². The molecule has 0 atom stereocenters. The van der Waals surface area contributed by atoms with E-state index in [-0.39, 0.29) is 5.78 Å². The minimum absolute atomic E-state index is 0.179. The highest BCUT2D eigenvalue weighted by atomic mass is 35.5. The number of piperidine rings is 1. The quantitative estimate of drug-likeness (QED) is 0.584. The summed E-state index contributed by atoms with van der Waals surface area (Å²) in [7, 11) is 0. The molecule has 1 saturated heterocycles. The zero-order valence-electron chi connectivity index (χ0n) is 15.4. The second-order valence-corrected chi connectivity index (χ2v) is 7.52. The largest absolute Gasteiger partial charge is 0.490 e. The van der Waals surface area contributed by atoms with Crippen LogP contribution < -0.4 is 4.74 Å². The summed E-state index contributed by atoms with van der Waals surface area (Å²) in [5.41, 5.74) is 2.85. The summed E-state index contributed by atoms with van der Waals surface area (Å²) in [4.78, 5) is 14.7. The Morgan fingerprint density at radius 2 is 1.85 bits per heavy atom. The number of carbonyl (C=O) groups excluding carboxylic acids is 1. The number of likely N-dealkylation sites (tertiary alicyclic amines) is 1. The van der Waals surface area contributed by atoms with Crippen LogP contribution in [0.5, 0.6) is 5.75 Å². The van der Waals surface area contributed by atoms with Crippen molar-refractivity contribution >= 4 is 35.1 Å². The van der Waals surface area contributed by atoms with E-state index in [0.29, 0.717) is 35.4 Å². The lowest BCUT2D eigenvalue weighted by Crippen LogP contribution is -2.35. The fourth-order valence-corrected chi connectivity index (χ4v) is 3.75. The average Bonchev–Trinajstić information content (AvgIpc) is 2.65. The number of ketones is 1. The number of ether oxygens (including phenoxy) is 1. The highest BCUT2D eigenvalue weighted by Gasteiger charge is 2.21. The Morgan fingerprint density at radius 3 is 2.52 bits per heavy atom. The molecule has 2 aromatic rings. The van der Waals surface area contributed by atoms with Gasteiger partial charge in [-0.05, 0) is 35.8 Å². The fourth-order valence-electron chi connectivity index (χ4n) is 3.14. The van der Waals surface area contributed by atoms with Gasteiger partial charge >= 0.3 is 0 Å². The van der Waals surface area contributed by atoms with E-state index < -0.39 is 0 Å². The van der Waals surface area contributed by atoms with Gasteiger partial charge in [-0.15, -0.1) is 0 Å². The Kier molecular flexibility index (Phi) is 6.95. The van der Waals surface area contributed by atoms with Gasteiger partial charge in [0.2, 0.25) is 0 Å². The molecule has 1 aliphatic heterocycles. The lowest BCUT2D eigenvalue weighted by molar-refractivity contribution is -0.117. The van der Waals surface area contributed by atoms with E-state index >= 15 is 0 Å². The first kappa shape index (κ1) is 19.9. The van der Waals surface area contributed by atoms with Crippen molar-refractivity contribution in [2.45, 2.75) is 26.3 Å². The highest BCUT2D eigenvalue weighted by molar-refractivity contribution is 6.37. The van der Waals surface area contributed by atoms with Gasteiger partial charge < -0.3 is 4.74 Å². The van der Waals surface area contributed by atoms with Crippen molar-refractivity contribution < 1.29 is 9.53 Å². The molecular formula is C22H23Cl2NO2. The molecule has 0 radical (unpaired) electrons. The molecule has 0 aromatic heterocycles. The number of halogens is 2. The maximum atomic E-state index is 12.4. The van der Waals surface area contributed by atoms with Gasteiger partial charge in [0.05, 0.1) is 16.7 Å². The van der Waals surface area contributed by atoms with Gasteiger partial charge in [-0.25, -0.2) is 0 Å². The summed E-state index contributed by atoms with van der Waals surface area (Å²) in [6, 6.07) is 13.9. The molecule has 1 fully saturated rings. The molecule has 0 spiro atoms. The lowest BCUT2D eigenvalue weighted by Gasteiger charge is -2.28. The van der Waals surface area contributed by atoms with Crippen LogP contribution in [0.15, 0.2) is 48.0 Å². The Bertz CT molecular complexity index is 810. The zero-order chi connectivity index (χ0) is 19.2. The molecule has 27 heavy (non-hydrogen) atoms. The van der Waals surface area contributed by atoms with Crippen LogP contribution in [0.2, 0.25) is 10.0 Å². The minimum atomic E-state index is 0.179. The van der Waals surface area contributed by atoms with Crippen molar-refractivity contribution in [1.82, 2.24) is 4.90 Å². The van der Waals surface area contributed by atoms with Gasteiger partial charge in [-0.2, -0.15) is 0 Å². The lowest BCUT2D eigenvalue weighted by atomic mass is 9.99. The first-order chi connectivity index (χ1) is 13.1. The van der Waals surface area contributed by atoms with Gasteiger partial charge in [-0.1, -0.05) is 60.5 Å². The molecule has 3 rings (SSSR count). The SMILES string of the molecule is CCCOc1c(Cl)cc(/C=C2\CN(Cc3ccccc3)CCC2=O)cc1Cl. The topological polar surface area (TPSA) is 29.5 Å². The van der Waals surface area contributed by atoms with Crippen molar-refractivity contribution in [3.63, 3.8) is 0 Å². The fraction of sp³-hybridized carbons (Fsp3) is 0.318. The molecule has 3 nitrogen and oxygen atoms in total. The van der Waals surface area contributed by atoms with E-state index in [1.54, 1.807) is 12.1 Å². The van der Waals surface area contributed by atoms with E-state index in [0.717, 1.165) is 30.6 Å². The van der Waals surface area contributed by atoms with Crippen molar-refractivity contribution in [2.75, 3.05) is 19.7 Å². The Morgan fingerprint density at radius 1 is 1.15 bits per heavy atom. The Hall–Kier alpha value is -1.81.